The molecule has 0 spiro atoms. The summed E-state index contributed by atoms with van der Waals surface area (Å²) in [4.78, 5) is 8.90. The van der Waals surface area contributed by atoms with Crippen LogP contribution in [0, 0.1) is 13.8 Å². The molecule has 0 aliphatic heterocycles. The predicted octanol–water partition coefficient (Wildman–Crippen LogP) is 3.89. The number of oxazole rings is 1. The highest BCUT2D eigenvalue weighted by molar-refractivity contribution is 5.79. The van der Waals surface area contributed by atoms with Crippen LogP contribution < -0.4 is 15.4 Å². The highest BCUT2D eigenvalue weighted by Gasteiger charge is 2.08. The van der Waals surface area contributed by atoms with Gasteiger partial charge in [0.15, 0.2) is 5.96 Å². The molecule has 0 aliphatic rings. The number of nitrogens with zero attached hydrogens (tertiary/aromatic N) is 2. The van der Waals surface area contributed by atoms with Gasteiger partial charge in [-0.3, -0.25) is 4.99 Å². The van der Waals surface area contributed by atoms with E-state index in [4.69, 9.17) is 13.9 Å². The van der Waals surface area contributed by atoms with E-state index >= 15 is 0 Å². The average molecular weight is 437 g/mol. The fraction of sp³-hybridized carbons (Fsp3) is 0.360. The van der Waals surface area contributed by atoms with Crippen molar-refractivity contribution < 1.29 is 13.9 Å². The van der Waals surface area contributed by atoms with Crippen molar-refractivity contribution in [1.82, 2.24) is 15.6 Å². The number of hydrogen-bond donors (Lipinski definition) is 2. The van der Waals surface area contributed by atoms with Crippen LogP contribution in [-0.4, -0.2) is 44.9 Å². The number of ether oxygens (including phenoxy) is 2. The van der Waals surface area contributed by atoms with Gasteiger partial charge in [0.1, 0.15) is 18.6 Å². The molecule has 0 saturated carbocycles. The lowest BCUT2D eigenvalue weighted by atomic mass is 10.1. The SMILES string of the molecule is CN=C(NCCc1coc(-c2ccc(C)cc2)n1)NCc1ccc(C)cc1OCCOC. The number of aliphatic imine (C=N–C) groups is 1. The number of aromatic nitrogens is 1. The van der Waals surface area contributed by atoms with Gasteiger partial charge >= 0.3 is 0 Å². The normalized spacial score (nSPS) is 11.4. The maximum absolute atomic E-state index is 5.86. The molecule has 0 radical (unpaired) electrons. The Morgan fingerprint density at radius 3 is 2.56 bits per heavy atom. The summed E-state index contributed by atoms with van der Waals surface area (Å²) >= 11 is 0. The maximum Gasteiger partial charge on any atom is 0.226 e. The van der Waals surface area contributed by atoms with Crippen molar-refractivity contribution in [1.29, 1.82) is 0 Å². The quantitative estimate of drug-likeness (QED) is 0.285. The highest BCUT2D eigenvalue weighted by Crippen LogP contribution is 2.21. The molecular weight excluding hydrogens is 404 g/mol. The van der Waals surface area contributed by atoms with Gasteiger partial charge in [-0.25, -0.2) is 4.98 Å². The first-order valence-corrected chi connectivity index (χ1v) is 10.8. The van der Waals surface area contributed by atoms with Crippen LogP contribution in [0.5, 0.6) is 5.75 Å². The minimum absolute atomic E-state index is 0.516. The first kappa shape index (κ1) is 23.3. The Bertz CT molecular complexity index is 1010. The number of methoxy groups -OCH3 is 1. The lowest BCUT2D eigenvalue weighted by Gasteiger charge is -2.15. The van der Waals surface area contributed by atoms with E-state index in [2.05, 4.69) is 58.7 Å². The fourth-order valence-electron chi connectivity index (χ4n) is 3.14. The van der Waals surface area contributed by atoms with E-state index in [1.54, 1.807) is 20.4 Å². The summed E-state index contributed by atoms with van der Waals surface area (Å²) < 4.78 is 16.6. The molecule has 0 aliphatic carbocycles. The third-order valence-corrected chi connectivity index (χ3v) is 4.96. The van der Waals surface area contributed by atoms with Gasteiger partial charge < -0.3 is 24.5 Å². The second kappa shape index (κ2) is 11.9. The monoisotopic (exact) mass is 436 g/mol. The summed E-state index contributed by atoms with van der Waals surface area (Å²) in [5, 5.41) is 6.67. The molecule has 3 rings (SSSR count). The molecule has 0 unspecified atom stereocenters. The predicted molar refractivity (Wildman–Crippen MR) is 127 cm³/mol. The first-order valence-electron chi connectivity index (χ1n) is 10.8. The van der Waals surface area contributed by atoms with Crippen LogP contribution in [0.25, 0.3) is 11.5 Å². The van der Waals surface area contributed by atoms with Crippen molar-refractivity contribution in [2.45, 2.75) is 26.8 Å². The molecule has 32 heavy (non-hydrogen) atoms. The highest BCUT2D eigenvalue weighted by atomic mass is 16.5. The molecule has 2 aromatic carbocycles. The molecular formula is C25H32N4O3. The number of nitrogens with one attached hydrogen (secondary N) is 2. The smallest absolute Gasteiger partial charge is 0.226 e. The van der Waals surface area contributed by atoms with E-state index in [0.717, 1.165) is 40.5 Å². The molecule has 1 heterocycles. The van der Waals surface area contributed by atoms with Crippen molar-refractivity contribution >= 4 is 5.96 Å². The zero-order valence-corrected chi connectivity index (χ0v) is 19.3. The van der Waals surface area contributed by atoms with Crippen molar-refractivity contribution in [2.24, 2.45) is 4.99 Å². The Kier molecular flexibility index (Phi) is 8.69. The Morgan fingerprint density at radius 1 is 1.03 bits per heavy atom. The van der Waals surface area contributed by atoms with Crippen molar-refractivity contribution in [3.63, 3.8) is 0 Å². The topological polar surface area (TPSA) is 80.9 Å². The lowest BCUT2D eigenvalue weighted by Crippen LogP contribution is -2.38. The van der Waals surface area contributed by atoms with Crippen LogP contribution in [0.2, 0.25) is 0 Å². The molecule has 1 aromatic heterocycles. The summed E-state index contributed by atoms with van der Waals surface area (Å²) in [6.45, 7) is 6.47. The van der Waals surface area contributed by atoms with Crippen molar-refractivity contribution in [2.75, 3.05) is 33.9 Å². The molecule has 3 aromatic rings. The van der Waals surface area contributed by atoms with Crippen LogP contribution in [0.3, 0.4) is 0 Å². The van der Waals surface area contributed by atoms with Crippen molar-refractivity contribution in [3.8, 4) is 17.2 Å². The maximum atomic E-state index is 5.86. The Labute approximate surface area is 189 Å². The number of rotatable bonds is 10. The third kappa shape index (κ3) is 6.85. The van der Waals surface area contributed by atoms with Crippen molar-refractivity contribution in [3.05, 3.63) is 71.1 Å². The summed E-state index contributed by atoms with van der Waals surface area (Å²) in [6.07, 6.45) is 2.44. The van der Waals surface area contributed by atoms with Gasteiger partial charge in [0, 0.05) is 44.8 Å². The van der Waals surface area contributed by atoms with Crippen LogP contribution in [-0.2, 0) is 17.7 Å². The molecule has 0 amide bonds. The van der Waals surface area contributed by atoms with E-state index in [-0.39, 0.29) is 0 Å². The van der Waals surface area contributed by atoms with E-state index in [1.807, 2.05) is 18.2 Å². The molecule has 7 heteroatoms. The van der Waals surface area contributed by atoms with Gasteiger partial charge in [0.2, 0.25) is 5.89 Å². The fourth-order valence-corrected chi connectivity index (χ4v) is 3.14. The Morgan fingerprint density at radius 2 is 1.81 bits per heavy atom. The number of benzene rings is 2. The molecule has 0 fully saturated rings. The Balaban J connectivity index is 1.49. The van der Waals surface area contributed by atoms with Gasteiger partial charge in [0.05, 0.1) is 12.3 Å². The number of aryl methyl sites for hydroxylation is 2. The molecule has 2 N–H and O–H groups in total. The standard InChI is InChI=1S/C25H32N4O3/c1-18-5-8-20(9-6-18)24-29-22(17-32-24)11-12-27-25(26-3)28-16-21-10-7-19(2)15-23(21)31-14-13-30-4/h5-10,15,17H,11-14,16H2,1-4H3,(H2,26,27,28). The summed E-state index contributed by atoms with van der Waals surface area (Å²) in [5.74, 6) is 2.22. The average Bonchev–Trinajstić information content (AvgIpc) is 3.26. The van der Waals surface area contributed by atoms with Gasteiger partial charge in [-0.1, -0.05) is 29.8 Å². The largest absolute Gasteiger partial charge is 0.491 e. The molecule has 0 saturated heterocycles. The van der Waals surface area contributed by atoms with Crippen LogP contribution in [0.15, 0.2) is 58.1 Å². The minimum Gasteiger partial charge on any atom is -0.491 e. The molecule has 170 valence electrons. The van der Waals surface area contributed by atoms with E-state index in [0.29, 0.717) is 32.2 Å². The third-order valence-electron chi connectivity index (χ3n) is 4.96. The van der Waals surface area contributed by atoms with Gasteiger partial charge in [0.25, 0.3) is 0 Å². The zero-order valence-electron chi connectivity index (χ0n) is 19.3. The zero-order chi connectivity index (χ0) is 22.8. The second-order valence-electron chi connectivity index (χ2n) is 7.57. The van der Waals surface area contributed by atoms with Crippen LogP contribution >= 0.6 is 0 Å². The van der Waals surface area contributed by atoms with Gasteiger partial charge in [-0.2, -0.15) is 0 Å². The first-order chi connectivity index (χ1) is 15.6. The second-order valence-corrected chi connectivity index (χ2v) is 7.57. The Hall–Kier alpha value is -3.32. The van der Waals surface area contributed by atoms with Crippen LogP contribution in [0.1, 0.15) is 22.4 Å². The summed E-state index contributed by atoms with van der Waals surface area (Å²) in [5.41, 5.74) is 5.31. The van der Waals surface area contributed by atoms with E-state index in [9.17, 15) is 0 Å². The van der Waals surface area contributed by atoms with E-state index < -0.39 is 0 Å². The lowest BCUT2D eigenvalue weighted by molar-refractivity contribution is 0.145. The molecule has 0 bridgehead atoms. The van der Waals surface area contributed by atoms with Crippen LogP contribution in [0.4, 0.5) is 0 Å². The number of hydrogen-bond acceptors (Lipinski definition) is 5. The summed E-state index contributed by atoms with van der Waals surface area (Å²) in [7, 11) is 3.42. The summed E-state index contributed by atoms with van der Waals surface area (Å²) in [6, 6.07) is 14.3. The van der Waals surface area contributed by atoms with Gasteiger partial charge in [-0.05, 0) is 37.6 Å². The van der Waals surface area contributed by atoms with Gasteiger partial charge in [-0.15, -0.1) is 0 Å². The number of guanidine groups is 1. The minimum atomic E-state index is 0.516. The molecule has 0 atom stereocenters. The van der Waals surface area contributed by atoms with E-state index in [1.165, 1.54) is 5.56 Å². The molecule has 7 nitrogen and oxygen atoms in total.